The molecule has 3 aromatic rings. The summed E-state index contributed by atoms with van der Waals surface area (Å²) in [6.45, 7) is 6.75. The van der Waals surface area contributed by atoms with Crippen molar-refractivity contribution < 1.29 is 28.5 Å². The summed E-state index contributed by atoms with van der Waals surface area (Å²) in [7, 11) is 1.58. The van der Waals surface area contributed by atoms with E-state index in [0.717, 1.165) is 24.8 Å². The number of esters is 1. The Labute approximate surface area is 240 Å². The highest BCUT2D eigenvalue weighted by atomic mass is 16.5. The number of rotatable bonds is 13. The number of hydrogen-bond donors (Lipinski definition) is 1. The van der Waals surface area contributed by atoms with Crippen LogP contribution < -0.4 is 29.4 Å². The van der Waals surface area contributed by atoms with Crippen LogP contribution in [0, 0.1) is 11.3 Å². The van der Waals surface area contributed by atoms with Crippen LogP contribution in [0.4, 0.5) is 0 Å². The number of ether oxygens (including phenoxy) is 5. The molecule has 0 aromatic heterocycles. The number of carbonyl (C=O) groups excluding carboxylic acids is 1. The predicted octanol–water partition coefficient (Wildman–Crippen LogP) is 6.66. The van der Waals surface area contributed by atoms with Crippen molar-refractivity contribution in [2.75, 3.05) is 20.3 Å². The van der Waals surface area contributed by atoms with Crippen molar-refractivity contribution in [1.29, 1.82) is 5.26 Å². The lowest BCUT2D eigenvalue weighted by Crippen LogP contribution is -2.21. The SMILES string of the molecule is C=CCOc1ccc(C(=O)Oc2ccc3c(c2)OC(N)=C(C#N)C3c2ccc(OCCCCCC)c(OC)c2)cc1. The van der Waals surface area contributed by atoms with Gasteiger partial charge in [-0.05, 0) is 54.4 Å². The van der Waals surface area contributed by atoms with E-state index in [-0.39, 0.29) is 17.2 Å². The summed E-state index contributed by atoms with van der Waals surface area (Å²) < 4.78 is 28.4. The summed E-state index contributed by atoms with van der Waals surface area (Å²) in [4.78, 5) is 12.8. The number of allylic oxidation sites excluding steroid dienone is 1. The molecule has 0 saturated carbocycles. The van der Waals surface area contributed by atoms with Gasteiger partial charge in [0.2, 0.25) is 5.88 Å². The molecule has 1 unspecified atom stereocenters. The van der Waals surface area contributed by atoms with Gasteiger partial charge in [-0.1, -0.05) is 51.0 Å². The molecule has 0 bridgehead atoms. The fraction of sp³-hybridized carbons (Fsp3) is 0.273. The first-order valence-electron chi connectivity index (χ1n) is 13.6. The zero-order chi connectivity index (χ0) is 29.2. The fourth-order valence-corrected chi connectivity index (χ4v) is 4.54. The van der Waals surface area contributed by atoms with E-state index < -0.39 is 11.9 Å². The molecule has 41 heavy (non-hydrogen) atoms. The molecule has 0 saturated heterocycles. The van der Waals surface area contributed by atoms with E-state index in [1.807, 2.05) is 18.2 Å². The summed E-state index contributed by atoms with van der Waals surface area (Å²) in [5.41, 5.74) is 8.30. The van der Waals surface area contributed by atoms with E-state index in [0.29, 0.717) is 47.3 Å². The van der Waals surface area contributed by atoms with Crippen LogP contribution in [0.1, 0.15) is 60.0 Å². The Morgan fingerprint density at radius 2 is 1.80 bits per heavy atom. The van der Waals surface area contributed by atoms with Gasteiger partial charge >= 0.3 is 5.97 Å². The molecule has 0 radical (unpaired) electrons. The third-order valence-corrected chi connectivity index (χ3v) is 6.64. The molecule has 1 atom stereocenters. The zero-order valence-electron chi connectivity index (χ0n) is 23.4. The lowest BCUT2D eigenvalue weighted by Gasteiger charge is -2.27. The summed E-state index contributed by atoms with van der Waals surface area (Å²) >= 11 is 0. The maximum absolute atomic E-state index is 12.8. The van der Waals surface area contributed by atoms with Gasteiger partial charge < -0.3 is 29.4 Å². The van der Waals surface area contributed by atoms with E-state index in [2.05, 4.69) is 19.6 Å². The second kappa shape index (κ2) is 13.9. The average Bonchev–Trinajstić information content (AvgIpc) is 2.99. The fourth-order valence-electron chi connectivity index (χ4n) is 4.54. The van der Waals surface area contributed by atoms with Gasteiger partial charge in [0.05, 0.1) is 25.2 Å². The molecule has 0 fully saturated rings. The van der Waals surface area contributed by atoms with Crippen molar-refractivity contribution in [3.8, 4) is 34.8 Å². The van der Waals surface area contributed by atoms with Gasteiger partial charge in [-0.25, -0.2) is 4.79 Å². The molecule has 1 heterocycles. The number of unbranched alkanes of at least 4 members (excludes halogenated alkanes) is 3. The van der Waals surface area contributed by atoms with Crippen LogP contribution in [-0.4, -0.2) is 26.3 Å². The molecule has 212 valence electrons. The van der Waals surface area contributed by atoms with E-state index >= 15 is 0 Å². The number of benzene rings is 3. The number of nitrogens with zero attached hydrogens (tertiary/aromatic N) is 1. The quantitative estimate of drug-likeness (QED) is 0.108. The highest BCUT2D eigenvalue weighted by molar-refractivity contribution is 5.91. The Balaban J connectivity index is 1.56. The molecular formula is C33H34N2O6. The van der Waals surface area contributed by atoms with Gasteiger partial charge in [-0.3, -0.25) is 0 Å². The maximum atomic E-state index is 12.8. The Bertz CT molecular complexity index is 1460. The molecule has 8 nitrogen and oxygen atoms in total. The van der Waals surface area contributed by atoms with Crippen molar-refractivity contribution >= 4 is 5.97 Å². The molecule has 8 heteroatoms. The van der Waals surface area contributed by atoms with Crippen LogP contribution in [0.5, 0.6) is 28.7 Å². The Hall–Kier alpha value is -4.90. The average molecular weight is 555 g/mol. The van der Waals surface area contributed by atoms with Crippen molar-refractivity contribution in [3.63, 3.8) is 0 Å². The second-order valence-corrected chi connectivity index (χ2v) is 9.46. The van der Waals surface area contributed by atoms with Gasteiger partial charge in [0.15, 0.2) is 11.5 Å². The standard InChI is InChI=1S/C33H34N2O6/c1-4-6-7-8-18-39-28-16-11-23(19-30(28)37-3)31-26-15-14-25(20-29(26)41-32(35)27(31)21-34)40-33(36)22-9-12-24(13-10-22)38-17-5-2/h5,9-16,19-20,31H,2,4,6-8,17-18,35H2,1,3H3. The number of nitrogens with two attached hydrogens (primary N) is 1. The van der Waals surface area contributed by atoms with Crippen LogP contribution in [-0.2, 0) is 0 Å². The smallest absolute Gasteiger partial charge is 0.343 e. The molecule has 0 amide bonds. The Kier molecular flexibility index (Phi) is 9.89. The molecule has 1 aliphatic rings. The molecule has 0 spiro atoms. The molecule has 3 aromatic carbocycles. The van der Waals surface area contributed by atoms with Crippen molar-refractivity contribution in [3.05, 3.63) is 101 Å². The van der Waals surface area contributed by atoms with Gasteiger partial charge in [0.25, 0.3) is 0 Å². The third kappa shape index (κ3) is 7.00. The Morgan fingerprint density at radius 1 is 1.02 bits per heavy atom. The zero-order valence-corrected chi connectivity index (χ0v) is 23.4. The number of methoxy groups -OCH3 is 1. The normalized spacial score (nSPS) is 13.8. The van der Waals surface area contributed by atoms with Gasteiger partial charge in [0.1, 0.15) is 35.5 Å². The summed E-state index contributed by atoms with van der Waals surface area (Å²) in [5.74, 6) is 1.42. The second-order valence-electron chi connectivity index (χ2n) is 9.46. The maximum Gasteiger partial charge on any atom is 0.343 e. The van der Waals surface area contributed by atoms with Crippen LogP contribution in [0.25, 0.3) is 0 Å². The summed E-state index contributed by atoms with van der Waals surface area (Å²) in [5, 5.41) is 9.95. The van der Waals surface area contributed by atoms with Gasteiger partial charge in [-0.2, -0.15) is 5.26 Å². The third-order valence-electron chi connectivity index (χ3n) is 6.64. The molecule has 4 rings (SSSR count). The van der Waals surface area contributed by atoms with Gasteiger partial charge in [-0.15, -0.1) is 0 Å². The van der Waals surface area contributed by atoms with E-state index in [4.69, 9.17) is 29.4 Å². The number of carbonyl (C=O) groups is 1. The lowest BCUT2D eigenvalue weighted by molar-refractivity contribution is 0.0734. The lowest BCUT2D eigenvalue weighted by atomic mass is 9.83. The first-order valence-corrected chi connectivity index (χ1v) is 13.6. The first kappa shape index (κ1) is 29.1. The largest absolute Gasteiger partial charge is 0.493 e. The van der Waals surface area contributed by atoms with Crippen LogP contribution >= 0.6 is 0 Å². The van der Waals surface area contributed by atoms with Crippen LogP contribution in [0.3, 0.4) is 0 Å². The first-order chi connectivity index (χ1) is 20.0. The number of hydrogen-bond acceptors (Lipinski definition) is 8. The van der Waals surface area contributed by atoms with Crippen LogP contribution in [0.2, 0.25) is 0 Å². The Morgan fingerprint density at radius 3 is 2.51 bits per heavy atom. The topological polar surface area (TPSA) is 113 Å². The van der Waals surface area contributed by atoms with Crippen molar-refractivity contribution in [2.45, 2.75) is 38.5 Å². The van der Waals surface area contributed by atoms with E-state index in [1.165, 1.54) is 6.42 Å². The molecular weight excluding hydrogens is 520 g/mol. The van der Waals surface area contributed by atoms with Gasteiger partial charge in [0, 0.05) is 11.6 Å². The monoisotopic (exact) mass is 554 g/mol. The van der Waals surface area contributed by atoms with E-state index in [9.17, 15) is 10.1 Å². The van der Waals surface area contributed by atoms with Crippen LogP contribution in [0.15, 0.2) is 84.8 Å². The molecule has 1 aliphatic heterocycles. The predicted molar refractivity (Wildman–Crippen MR) is 155 cm³/mol. The van der Waals surface area contributed by atoms with Crippen molar-refractivity contribution in [2.24, 2.45) is 5.73 Å². The molecule has 2 N–H and O–H groups in total. The minimum absolute atomic E-state index is 0.0150. The van der Waals surface area contributed by atoms with Crippen molar-refractivity contribution in [1.82, 2.24) is 0 Å². The summed E-state index contributed by atoms with van der Waals surface area (Å²) in [6.07, 6.45) is 6.05. The minimum atomic E-state index is -0.538. The number of fused-ring (bicyclic) bond motifs is 1. The highest BCUT2D eigenvalue weighted by Gasteiger charge is 2.32. The minimum Gasteiger partial charge on any atom is -0.493 e. The number of nitriles is 1. The summed E-state index contributed by atoms with van der Waals surface area (Å²) in [6, 6.07) is 19.4. The highest BCUT2D eigenvalue weighted by Crippen LogP contribution is 2.45. The molecule has 0 aliphatic carbocycles. The van der Waals surface area contributed by atoms with E-state index in [1.54, 1.807) is 55.7 Å².